The Balaban J connectivity index is 1.71. The third kappa shape index (κ3) is 2.93. The third-order valence-electron chi connectivity index (χ3n) is 3.29. The summed E-state index contributed by atoms with van der Waals surface area (Å²) in [5, 5.41) is 8.18. The molecule has 0 amide bonds. The van der Waals surface area contributed by atoms with E-state index in [1.165, 1.54) is 4.68 Å². The van der Waals surface area contributed by atoms with E-state index in [2.05, 4.69) is 20.4 Å². The molecule has 0 radical (unpaired) electrons. The molecule has 3 rings (SSSR count). The highest BCUT2D eigenvalue weighted by Gasteiger charge is 2.07. The molecule has 0 atom stereocenters. The number of hydrogen-bond acceptors (Lipinski definition) is 4. The van der Waals surface area contributed by atoms with Crippen molar-refractivity contribution in [2.75, 3.05) is 11.9 Å². The van der Waals surface area contributed by atoms with Crippen molar-refractivity contribution < 1.29 is 0 Å². The average molecular weight is 338 g/mol. The van der Waals surface area contributed by atoms with E-state index < -0.39 is 0 Å². The van der Waals surface area contributed by atoms with Crippen LogP contribution < -0.4 is 10.9 Å². The van der Waals surface area contributed by atoms with E-state index in [0.717, 1.165) is 12.0 Å². The number of H-pyrrole nitrogens is 1. The Hall–Kier alpha value is -2.05. The predicted octanol–water partition coefficient (Wildman–Crippen LogP) is 2.62. The lowest BCUT2D eigenvalue weighted by Gasteiger charge is -2.06. The minimum Gasteiger partial charge on any atom is -0.355 e. The number of fused-ring (bicyclic) bond motifs is 1. The zero-order chi connectivity index (χ0) is 15.7. The molecule has 3 aromatic rings. The molecule has 2 aromatic heterocycles. The molecule has 2 heterocycles. The molecular formula is C14H13Cl2N5O. The Morgan fingerprint density at radius 1 is 1.32 bits per heavy atom. The number of nitrogens with zero attached hydrogens (tertiary/aromatic N) is 3. The van der Waals surface area contributed by atoms with Gasteiger partial charge in [0.25, 0.3) is 5.56 Å². The second-order valence-corrected chi connectivity index (χ2v) is 5.66. The molecule has 0 spiro atoms. The summed E-state index contributed by atoms with van der Waals surface area (Å²) < 4.78 is 1.50. The molecule has 1 aromatic carbocycles. The Morgan fingerprint density at radius 3 is 2.91 bits per heavy atom. The monoisotopic (exact) mass is 337 g/mol. The zero-order valence-corrected chi connectivity index (χ0v) is 13.2. The molecule has 114 valence electrons. The maximum absolute atomic E-state index is 12.0. The fourth-order valence-corrected chi connectivity index (χ4v) is 2.51. The van der Waals surface area contributed by atoms with Crippen LogP contribution in [-0.4, -0.2) is 26.3 Å². The molecule has 0 fully saturated rings. The normalized spacial score (nSPS) is 11.0. The van der Waals surface area contributed by atoms with E-state index in [4.69, 9.17) is 23.2 Å². The number of rotatable bonds is 4. The average Bonchev–Trinajstić information content (AvgIpc) is 2.85. The maximum Gasteiger partial charge on any atom is 0.278 e. The quantitative estimate of drug-likeness (QED) is 0.767. The zero-order valence-electron chi connectivity index (χ0n) is 11.7. The molecule has 0 bridgehead atoms. The summed E-state index contributed by atoms with van der Waals surface area (Å²) in [5.41, 5.74) is 1.84. The number of halogens is 2. The third-order valence-corrected chi connectivity index (χ3v) is 4.03. The first-order valence-electron chi connectivity index (χ1n) is 6.64. The van der Waals surface area contributed by atoms with Crippen LogP contribution in [-0.2, 0) is 13.5 Å². The van der Waals surface area contributed by atoms with E-state index in [1.807, 2.05) is 12.1 Å². The van der Waals surface area contributed by atoms with Gasteiger partial charge in [-0.2, -0.15) is 5.10 Å². The summed E-state index contributed by atoms with van der Waals surface area (Å²) in [5.74, 6) is 0.422. The molecule has 0 saturated heterocycles. The van der Waals surface area contributed by atoms with Gasteiger partial charge in [-0.15, -0.1) is 0 Å². The van der Waals surface area contributed by atoms with Gasteiger partial charge in [-0.05, 0) is 24.1 Å². The van der Waals surface area contributed by atoms with Crippen molar-refractivity contribution in [2.45, 2.75) is 6.42 Å². The van der Waals surface area contributed by atoms with Crippen LogP contribution >= 0.6 is 23.2 Å². The first kappa shape index (κ1) is 14.9. The van der Waals surface area contributed by atoms with Crippen LogP contribution in [0.2, 0.25) is 10.0 Å². The van der Waals surface area contributed by atoms with Crippen molar-refractivity contribution in [3.8, 4) is 0 Å². The predicted molar refractivity (Wildman–Crippen MR) is 87.8 cm³/mol. The highest BCUT2D eigenvalue weighted by Crippen LogP contribution is 2.22. The summed E-state index contributed by atoms with van der Waals surface area (Å²) >= 11 is 11.9. The first-order chi connectivity index (χ1) is 10.5. The maximum atomic E-state index is 12.0. The van der Waals surface area contributed by atoms with Crippen LogP contribution in [0.5, 0.6) is 0 Å². The van der Waals surface area contributed by atoms with Gasteiger partial charge in [-0.3, -0.25) is 14.5 Å². The number of anilines is 1. The van der Waals surface area contributed by atoms with Gasteiger partial charge in [0, 0.05) is 13.6 Å². The number of aryl methyl sites for hydroxylation is 1. The number of aromatic nitrogens is 4. The molecule has 8 heteroatoms. The van der Waals surface area contributed by atoms with E-state index in [9.17, 15) is 4.79 Å². The second-order valence-electron chi connectivity index (χ2n) is 4.84. The van der Waals surface area contributed by atoms with Crippen LogP contribution in [0.1, 0.15) is 5.56 Å². The number of nitrogens with one attached hydrogen (secondary N) is 2. The van der Waals surface area contributed by atoms with Crippen LogP contribution in [0, 0.1) is 0 Å². The lowest BCUT2D eigenvalue weighted by Crippen LogP contribution is -2.16. The number of benzene rings is 1. The van der Waals surface area contributed by atoms with Crippen molar-refractivity contribution in [3.05, 3.63) is 50.4 Å². The standard InChI is InChI=1S/C14H13Cl2N5O/c1-21-12-11(7-18-21)19-14(20-13(12)22)17-5-4-8-2-3-9(15)10(16)6-8/h2-3,6-7H,4-5H2,1H3,(H2,17,19,20,22). The largest absolute Gasteiger partial charge is 0.355 e. The van der Waals surface area contributed by atoms with Crippen LogP contribution in [0.4, 0.5) is 5.95 Å². The lowest BCUT2D eigenvalue weighted by molar-refractivity contribution is 0.792. The Kier molecular flexibility index (Phi) is 4.04. The van der Waals surface area contributed by atoms with E-state index in [0.29, 0.717) is 33.6 Å². The lowest BCUT2D eigenvalue weighted by atomic mass is 10.1. The summed E-state index contributed by atoms with van der Waals surface area (Å²) in [6, 6.07) is 5.50. The smallest absolute Gasteiger partial charge is 0.278 e. The molecule has 0 aliphatic carbocycles. The first-order valence-corrected chi connectivity index (χ1v) is 7.40. The van der Waals surface area contributed by atoms with Crippen LogP contribution in [0.15, 0.2) is 29.2 Å². The summed E-state index contributed by atoms with van der Waals surface area (Å²) in [6.45, 7) is 0.604. The van der Waals surface area contributed by atoms with Gasteiger partial charge < -0.3 is 5.32 Å². The molecule has 0 unspecified atom stereocenters. The molecule has 2 N–H and O–H groups in total. The van der Waals surface area contributed by atoms with Crippen molar-refractivity contribution in [2.24, 2.45) is 7.05 Å². The second kappa shape index (κ2) is 5.98. The van der Waals surface area contributed by atoms with Crippen molar-refractivity contribution in [3.63, 3.8) is 0 Å². The SMILES string of the molecule is Cn1ncc2nc(NCCc3ccc(Cl)c(Cl)c3)[nH]c(=O)c21. The van der Waals surface area contributed by atoms with Gasteiger partial charge in [-0.1, -0.05) is 29.3 Å². The van der Waals surface area contributed by atoms with Gasteiger partial charge in [0.05, 0.1) is 16.2 Å². The fourth-order valence-electron chi connectivity index (χ4n) is 2.19. The van der Waals surface area contributed by atoms with Crippen molar-refractivity contribution >= 4 is 40.2 Å². The van der Waals surface area contributed by atoms with E-state index in [-0.39, 0.29) is 5.56 Å². The van der Waals surface area contributed by atoms with Crippen molar-refractivity contribution in [1.82, 2.24) is 19.7 Å². The number of hydrogen-bond donors (Lipinski definition) is 2. The Morgan fingerprint density at radius 2 is 2.14 bits per heavy atom. The summed E-state index contributed by atoms with van der Waals surface area (Å²) in [4.78, 5) is 19.0. The van der Waals surface area contributed by atoms with Gasteiger partial charge >= 0.3 is 0 Å². The summed E-state index contributed by atoms with van der Waals surface area (Å²) in [7, 11) is 1.70. The highest BCUT2D eigenvalue weighted by molar-refractivity contribution is 6.42. The number of aromatic amines is 1. The van der Waals surface area contributed by atoms with Gasteiger partial charge in [0.15, 0.2) is 5.52 Å². The van der Waals surface area contributed by atoms with E-state index >= 15 is 0 Å². The topological polar surface area (TPSA) is 75.6 Å². The fraction of sp³-hybridized carbons (Fsp3) is 0.214. The molecule has 22 heavy (non-hydrogen) atoms. The van der Waals surface area contributed by atoms with Crippen LogP contribution in [0.3, 0.4) is 0 Å². The Bertz CT molecular complexity index is 887. The van der Waals surface area contributed by atoms with Gasteiger partial charge in [0.2, 0.25) is 5.95 Å². The molecule has 0 aliphatic heterocycles. The van der Waals surface area contributed by atoms with E-state index in [1.54, 1.807) is 19.3 Å². The molecule has 6 nitrogen and oxygen atoms in total. The molecular weight excluding hydrogens is 325 g/mol. The van der Waals surface area contributed by atoms with Gasteiger partial charge in [-0.25, -0.2) is 4.98 Å². The van der Waals surface area contributed by atoms with Gasteiger partial charge in [0.1, 0.15) is 5.52 Å². The Labute approximate surface area is 136 Å². The van der Waals surface area contributed by atoms with Crippen molar-refractivity contribution in [1.29, 1.82) is 0 Å². The summed E-state index contributed by atoms with van der Waals surface area (Å²) in [6.07, 6.45) is 2.29. The molecule has 0 aliphatic rings. The molecule has 0 saturated carbocycles. The minimum absolute atomic E-state index is 0.220. The minimum atomic E-state index is -0.220. The van der Waals surface area contributed by atoms with Crippen LogP contribution in [0.25, 0.3) is 11.0 Å². The highest BCUT2D eigenvalue weighted by atomic mass is 35.5.